The Balaban J connectivity index is 1.50. The molecule has 2 aliphatic carbocycles. The van der Waals surface area contributed by atoms with Crippen molar-refractivity contribution in [3.8, 4) is 0 Å². The lowest BCUT2D eigenvalue weighted by molar-refractivity contribution is 0.195. The lowest BCUT2D eigenvalue weighted by Crippen LogP contribution is -2.43. The first kappa shape index (κ1) is 24.8. The van der Waals surface area contributed by atoms with Crippen LogP contribution in [0, 0.1) is 12.8 Å². The van der Waals surface area contributed by atoms with Gasteiger partial charge in [-0.25, -0.2) is 9.80 Å². The molecule has 0 atom stereocenters. The van der Waals surface area contributed by atoms with Gasteiger partial charge in [0.05, 0.1) is 23.1 Å². The predicted molar refractivity (Wildman–Crippen MR) is 149 cm³/mol. The first-order chi connectivity index (χ1) is 17.3. The SMILES string of the molecule is Cc1ccc2c(c1)N(c1ccc(NCC3(N)CCCC3)cc1)C(=O)N(C(C)C)N=C2C1CCCCC1. The second-order valence-electron chi connectivity index (χ2n) is 11.4. The number of hydrogen-bond acceptors (Lipinski definition) is 4. The summed E-state index contributed by atoms with van der Waals surface area (Å²) in [4.78, 5) is 15.9. The maximum absolute atomic E-state index is 14.0. The van der Waals surface area contributed by atoms with Crippen molar-refractivity contribution in [1.82, 2.24) is 5.01 Å². The summed E-state index contributed by atoms with van der Waals surface area (Å²) >= 11 is 0. The number of urea groups is 1. The van der Waals surface area contributed by atoms with Crippen LogP contribution in [0.15, 0.2) is 47.6 Å². The van der Waals surface area contributed by atoms with Crippen LogP contribution in [0.2, 0.25) is 0 Å². The third kappa shape index (κ3) is 5.01. The van der Waals surface area contributed by atoms with Gasteiger partial charge in [-0.15, -0.1) is 0 Å². The fourth-order valence-electron chi connectivity index (χ4n) is 5.99. The molecule has 0 spiro atoms. The summed E-state index contributed by atoms with van der Waals surface area (Å²) < 4.78 is 0. The summed E-state index contributed by atoms with van der Waals surface area (Å²) in [5.74, 6) is 0.389. The van der Waals surface area contributed by atoms with Gasteiger partial charge in [0, 0.05) is 29.3 Å². The minimum atomic E-state index is -0.111. The predicted octanol–water partition coefficient (Wildman–Crippen LogP) is 6.94. The van der Waals surface area contributed by atoms with Gasteiger partial charge in [0.1, 0.15) is 0 Å². The van der Waals surface area contributed by atoms with Crippen molar-refractivity contribution in [2.24, 2.45) is 16.8 Å². The summed E-state index contributed by atoms with van der Waals surface area (Å²) in [6, 6.07) is 14.5. The molecule has 2 aromatic carbocycles. The summed E-state index contributed by atoms with van der Waals surface area (Å²) in [5, 5.41) is 10.3. The van der Waals surface area contributed by atoms with Gasteiger partial charge in [-0.1, -0.05) is 44.2 Å². The van der Waals surface area contributed by atoms with E-state index in [0.29, 0.717) is 5.92 Å². The molecule has 6 heteroatoms. The molecule has 192 valence electrons. The van der Waals surface area contributed by atoms with E-state index in [1.165, 1.54) is 32.1 Å². The van der Waals surface area contributed by atoms with E-state index < -0.39 is 0 Å². The van der Waals surface area contributed by atoms with Gasteiger partial charge < -0.3 is 11.1 Å². The Bertz CT molecular complexity index is 1110. The highest BCUT2D eigenvalue weighted by Gasteiger charge is 2.35. The lowest BCUT2D eigenvalue weighted by Gasteiger charge is -2.29. The Labute approximate surface area is 215 Å². The Morgan fingerprint density at radius 3 is 2.39 bits per heavy atom. The summed E-state index contributed by atoms with van der Waals surface area (Å²) in [5.41, 5.74) is 12.5. The molecule has 0 bridgehead atoms. The molecule has 0 radical (unpaired) electrons. The van der Waals surface area contributed by atoms with Crippen LogP contribution in [0.5, 0.6) is 0 Å². The van der Waals surface area contributed by atoms with Crippen LogP contribution in [0.25, 0.3) is 0 Å². The number of nitrogens with zero attached hydrogens (tertiary/aromatic N) is 3. The van der Waals surface area contributed by atoms with Crippen LogP contribution in [-0.4, -0.2) is 34.9 Å². The number of benzene rings is 2. The number of nitrogens with two attached hydrogens (primary N) is 1. The monoisotopic (exact) mass is 487 g/mol. The van der Waals surface area contributed by atoms with Crippen molar-refractivity contribution in [1.29, 1.82) is 0 Å². The second-order valence-corrected chi connectivity index (χ2v) is 11.4. The molecular weight excluding hydrogens is 446 g/mol. The standard InChI is InChI=1S/C30H41N5O/c1-21(2)35-29(36)34(25-14-12-24(13-15-25)32-20-30(31)17-7-8-18-30)27-19-22(3)11-16-26(27)28(33-35)23-9-5-4-6-10-23/h11-16,19,21,23,32H,4-10,17-18,20,31H2,1-3H3. The number of carbonyl (C=O) groups is 1. The van der Waals surface area contributed by atoms with E-state index in [4.69, 9.17) is 10.8 Å². The summed E-state index contributed by atoms with van der Waals surface area (Å²) in [7, 11) is 0. The Hall–Kier alpha value is -2.86. The van der Waals surface area contributed by atoms with Crippen LogP contribution in [-0.2, 0) is 0 Å². The Morgan fingerprint density at radius 2 is 1.72 bits per heavy atom. The molecular formula is C30H41N5O. The number of rotatable bonds is 6. The molecule has 2 fully saturated rings. The smallest absolute Gasteiger partial charge is 0.349 e. The summed E-state index contributed by atoms with van der Waals surface area (Å²) in [6.07, 6.45) is 10.6. The van der Waals surface area contributed by atoms with Crippen molar-refractivity contribution in [2.75, 3.05) is 16.8 Å². The third-order valence-electron chi connectivity index (χ3n) is 8.12. The minimum absolute atomic E-state index is 0.0397. The molecule has 3 N–H and O–H groups in total. The first-order valence-electron chi connectivity index (χ1n) is 13.8. The number of hydrazone groups is 1. The van der Waals surface area contributed by atoms with E-state index >= 15 is 0 Å². The van der Waals surface area contributed by atoms with Gasteiger partial charge in [-0.3, -0.25) is 4.90 Å². The molecule has 5 rings (SSSR count). The number of fused-ring (bicyclic) bond motifs is 1. The van der Waals surface area contributed by atoms with E-state index in [2.05, 4.69) is 42.6 Å². The molecule has 2 saturated carbocycles. The first-order valence-corrected chi connectivity index (χ1v) is 13.8. The molecule has 1 heterocycles. The van der Waals surface area contributed by atoms with E-state index in [1.807, 2.05) is 30.9 Å². The highest BCUT2D eigenvalue weighted by atomic mass is 16.2. The number of amides is 2. The average molecular weight is 488 g/mol. The molecule has 2 amide bonds. The van der Waals surface area contributed by atoms with Crippen LogP contribution in [0.4, 0.5) is 21.9 Å². The summed E-state index contributed by atoms with van der Waals surface area (Å²) in [6.45, 7) is 6.94. The Morgan fingerprint density at radius 1 is 1.03 bits per heavy atom. The van der Waals surface area contributed by atoms with Crippen molar-refractivity contribution < 1.29 is 4.79 Å². The van der Waals surface area contributed by atoms with Gasteiger partial charge in [0.15, 0.2) is 0 Å². The quantitative estimate of drug-likeness (QED) is 0.463. The molecule has 0 unspecified atom stereocenters. The molecule has 6 nitrogen and oxygen atoms in total. The normalized spacial score (nSPS) is 20.4. The number of nitrogens with one attached hydrogen (secondary N) is 1. The maximum Gasteiger partial charge on any atom is 0.349 e. The van der Waals surface area contributed by atoms with Gasteiger partial charge in [0.25, 0.3) is 0 Å². The molecule has 3 aliphatic rings. The van der Waals surface area contributed by atoms with E-state index in [0.717, 1.165) is 66.1 Å². The highest BCUT2D eigenvalue weighted by molar-refractivity contribution is 6.14. The molecule has 36 heavy (non-hydrogen) atoms. The number of hydrogen-bond donors (Lipinski definition) is 2. The van der Waals surface area contributed by atoms with Crippen LogP contribution >= 0.6 is 0 Å². The number of aryl methyl sites for hydroxylation is 1. The van der Waals surface area contributed by atoms with Gasteiger partial charge in [-0.2, -0.15) is 5.10 Å². The topological polar surface area (TPSA) is 74.0 Å². The zero-order valence-corrected chi connectivity index (χ0v) is 22.1. The van der Waals surface area contributed by atoms with Crippen LogP contribution in [0.3, 0.4) is 0 Å². The van der Waals surface area contributed by atoms with Gasteiger partial charge in [0.2, 0.25) is 0 Å². The number of anilines is 3. The lowest BCUT2D eigenvalue weighted by atomic mass is 9.82. The minimum Gasteiger partial charge on any atom is -0.383 e. The van der Waals surface area contributed by atoms with Crippen LogP contribution in [0.1, 0.15) is 82.8 Å². The van der Waals surface area contributed by atoms with Gasteiger partial charge >= 0.3 is 6.03 Å². The average Bonchev–Trinajstić information content (AvgIpc) is 3.26. The van der Waals surface area contributed by atoms with Crippen molar-refractivity contribution >= 4 is 28.8 Å². The van der Waals surface area contributed by atoms with E-state index in [9.17, 15) is 4.79 Å². The van der Waals surface area contributed by atoms with E-state index in [-0.39, 0.29) is 17.6 Å². The maximum atomic E-state index is 14.0. The fourth-order valence-corrected chi connectivity index (χ4v) is 5.99. The van der Waals surface area contributed by atoms with Crippen molar-refractivity contribution in [3.63, 3.8) is 0 Å². The second kappa shape index (κ2) is 10.3. The highest BCUT2D eigenvalue weighted by Crippen LogP contribution is 2.38. The molecule has 2 aromatic rings. The van der Waals surface area contributed by atoms with Crippen LogP contribution < -0.4 is 16.0 Å². The fraction of sp³-hybridized carbons (Fsp3) is 0.533. The zero-order chi connectivity index (χ0) is 25.3. The molecule has 0 saturated heterocycles. The Kier molecular flexibility index (Phi) is 7.07. The largest absolute Gasteiger partial charge is 0.383 e. The van der Waals surface area contributed by atoms with Crippen molar-refractivity contribution in [2.45, 2.75) is 90.1 Å². The van der Waals surface area contributed by atoms with Gasteiger partial charge in [-0.05, 0) is 82.3 Å². The zero-order valence-electron chi connectivity index (χ0n) is 22.1. The van der Waals surface area contributed by atoms with E-state index in [1.54, 1.807) is 5.01 Å². The molecule has 0 aromatic heterocycles. The third-order valence-corrected chi connectivity index (χ3v) is 8.12. The van der Waals surface area contributed by atoms with Crippen molar-refractivity contribution in [3.05, 3.63) is 53.6 Å². The molecule has 1 aliphatic heterocycles. The number of carbonyl (C=O) groups excluding carboxylic acids is 1.